The molecule has 43 heavy (non-hydrogen) atoms. The first-order valence-corrected chi connectivity index (χ1v) is 15.5. The zero-order valence-corrected chi connectivity index (χ0v) is 27.4. The van der Waals surface area contributed by atoms with Gasteiger partial charge in [-0.05, 0) is 104 Å². The van der Waals surface area contributed by atoms with E-state index in [9.17, 15) is 9.59 Å². The highest BCUT2D eigenvalue weighted by Gasteiger charge is 2.21. The molecule has 0 spiro atoms. The molecule has 1 saturated heterocycles. The number of benzene rings is 3. The first-order chi connectivity index (χ1) is 19.9. The van der Waals surface area contributed by atoms with Gasteiger partial charge in [0.2, 0.25) is 5.91 Å². The number of ketones is 1. The van der Waals surface area contributed by atoms with Crippen LogP contribution in [0.2, 0.25) is 5.02 Å². The van der Waals surface area contributed by atoms with Crippen LogP contribution in [0.25, 0.3) is 0 Å². The number of likely N-dealkylation sites (tertiary alicyclic amines) is 1. The van der Waals surface area contributed by atoms with E-state index in [2.05, 4.69) is 51.5 Å². The number of anilines is 1. The topological polar surface area (TPSA) is 52.7 Å². The van der Waals surface area contributed by atoms with Crippen LogP contribution in [-0.2, 0) is 30.7 Å². The van der Waals surface area contributed by atoms with Gasteiger partial charge >= 0.3 is 0 Å². The van der Waals surface area contributed by atoms with Gasteiger partial charge in [0, 0.05) is 55.8 Å². The van der Waals surface area contributed by atoms with Crippen molar-refractivity contribution >= 4 is 53.8 Å². The van der Waals surface area contributed by atoms with Crippen molar-refractivity contribution in [3.63, 3.8) is 0 Å². The van der Waals surface area contributed by atoms with E-state index < -0.39 is 0 Å². The van der Waals surface area contributed by atoms with E-state index in [0.717, 1.165) is 81.2 Å². The number of nitrogens with one attached hydrogen (secondary N) is 1. The van der Waals surface area contributed by atoms with Crippen molar-refractivity contribution in [1.29, 1.82) is 0 Å². The van der Waals surface area contributed by atoms with E-state index in [1.54, 1.807) is 0 Å². The fourth-order valence-corrected chi connectivity index (χ4v) is 6.50. The van der Waals surface area contributed by atoms with Gasteiger partial charge < -0.3 is 5.32 Å². The number of nitrogens with zero attached hydrogens (tertiary/aromatic N) is 2. The third kappa shape index (κ3) is 10.3. The van der Waals surface area contributed by atoms with E-state index >= 15 is 0 Å². The number of piperidine rings is 1. The molecule has 1 fully saturated rings. The Morgan fingerprint density at radius 3 is 2.30 bits per heavy atom. The molecule has 232 valence electrons. The molecule has 0 saturated carbocycles. The summed E-state index contributed by atoms with van der Waals surface area (Å²) in [5, 5.41) is 3.73. The summed E-state index contributed by atoms with van der Waals surface area (Å²) < 4.78 is 0. The highest BCUT2D eigenvalue weighted by atomic mass is 35.5. The quantitative estimate of drug-likeness (QED) is 0.227. The van der Waals surface area contributed by atoms with Gasteiger partial charge in [0.05, 0.1) is 0 Å². The molecule has 0 aromatic heterocycles. The summed E-state index contributed by atoms with van der Waals surface area (Å²) in [7, 11) is 0. The number of fused-ring (bicyclic) bond motifs is 1. The maximum absolute atomic E-state index is 13.1. The van der Waals surface area contributed by atoms with Crippen LogP contribution in [0.4, 0.5) is 5.69 Å². The lowest BCUT2D eigenvalue weighted by atomic mass is 9.90. The first-order valence-electron chi connectivity index (χ1n) is 15.1. The highest BCUT2D eigenvalue weighted by Crippen LogP contribution is 2.26. The minimum atomic E-state index is -0.0521. The predicted molar refractivity (Wildman–Crippen MR) is 182 cm³/mol. The smallest absolute Gasteiger partial charge is 0.221 e. The number of carbonyl (C=O) groups excluding carboxylic acids is 2. The van der Waals surface area contributed by atoms with Crippen LogP contribution in [0.15, 0.2) is 66.7 Å². The van der Waals surface area contributed by atoms with Crippen molar-refractivity contribution in [2.75, 3.05) is 31.5 Å². The molecule has 5 rings (SSSR count). The molecule has 1 amide bonds. The second-order valence-electron chi connectivity index (χ2n) is 11.8. The largest absolute Gasteiger partial charge is 0.326 e. The van der Waals surface area contributed by atoms with Crippen molar-refractivity contribution in [1.82, 2.24) is 9.80 Å². The fourth-order valence-electron chi connectivity index (χ4n) is 6.31. The molecule has 0 unspecified atom stereocenters. The summed E-state index contributed by atoms with van der Waals surface area (Å²) in [6, 6.07) is 22.6. The number of carbonyl (C=O) groups is 2. The van der Waals surface area contributed by atoms with Crippen LogP contribution in [0.3, 0.4) is 0 Å². The SMILES string of the molecule is CC(=O)Nc1cccc(CN2CCc3ccc(C(=O)CCCC4CCN(Cc5ccccc5Cl)CC4)cc3CC2)c1.Cl.Cl. The zero-order chi connectivity index (χ0) is 28.6. The number of rotatable bonds is 10. The molecule has 0 bridgehead atoms. The Hall–Kier alpha value is -2.41. The summed E-state index contributed by atoms with van der Waals surface area (Å²) in [6.07, 6.45) is 7.08. The van der Waals surface area contributed by atoms with Gasteiger partial charge in [-0.25, -0.2) is 0 Å². The number of hydrogen-bond acceptors (Lipinski definition) is 4. The van der Waals surface area contributed by atoms with Gasteiger partial charge in [-0.1, -0.05) is 54.1 Å². The molecule has 2 aliphatic heterocycles. The summed E-state index contributed by atoms with van der Waals surface area (Å²) in [5.41, 5.74) is 6.80. The standard InChI is InChI=1S/C35H42ClN3O2.2ClH/c1-26(40)37-33-9-4-7-28(22-33)24-38-20-16-29-12-13-31(23-30(29)17-21-38)35(41)11-5-6-27-14-18-39(19-15-27)25-32-8-2-3-10-34(32)36;;/h2-4,7-10,12-13,22-23,27H,5-6,11,14-21,24-25H2,1H3,(H,37,40);2*1H. The Balaban J connectivity index is 0.00000253. The molecule has 2 aliphatic rings. The zero-order valence-electron chi connectivity index (χ0n) is 25.0. The normalized spacial score (nSPS) is 15.9. The molecule has 3 aromatic rings. The lowest BCUT2D eigenvalue weighted by Crippen LogP contribution is -2.33. The Labute approximate surface area is 274 Å². The average molecular weight is 645 g/mol. The Morgan fingerprint density at radius 2 is 1.56 bits per heavy atom. The van der Waals surface area contributed by atoms with Gasteiger partial charge in [0.15, 0.2) is 5.78 Å². The van der Waals surface area contributed by atoms with Crippen LogP contribution in [0, 0.1) is 5.92 Å². The molecule has 2 heterocycles. The van der Waals surface area contributed by atoms with Crippen LogP contribution in [-0.4, -0.2) is 47.7 Å². The lowest BCUT2D eigenvalue weighted by Gasteiger charge is -2.32. The van der Waals surface area contributed by atoms with Gasteiger partial charge in [0.25, 0.3) is 0 Å². The minimum Gasteiger partial charge on any atom is -0.326 e. The van der Waals surface area contributed by atoms with Crippen molar-refractivity contribution in [3.05, 3.63) is 99.6 Å². The molecule has 0 aliphatic carbocycles. The van der Waals surface area contributed by atoms with E-state index in [0.29, 0.717) is 12.3 Å². The van der Waals surface area contributed by atoms with Gasteiger partial charge in [0.1, 0.15) is 0 Å². The molecule has 0 radical (unpaired) electrons. The Morgan fingerprint density at radius 1 is 0.837 bits per heavy atom. The number of Topliss-reactive ketones (excluding diaryl/α,β-unsaturated/α-hetero) is 1. The van der Waals surface area contributed by atoms with Crippen molar-refractivity contribution in [2.45, 2.75) is 65.0 Å². The minimum absolute atomic E-state index is 0. The first kappa shape index (κ1) is 35.1. The third-order valence-electron chi connectivity index (χ3n) is 8.65. The van der Waals surface area contributed by atoms with Gasteiger partial charge in [-0.3, -0.25) is 19.4 Å². The second-order valence-corrected chi connectivity index (χ2v) is 12.2. The predicted octanol–water partition coefficient (Wildman–Crippen LogP) is 8.01. The monoisotopic (exact) mass is 643 g/mol. The maximum Gasteiger partial charge on any atom is 0.221 e. The highest BCUT2D eigenvalue weighted by molar-refractivity contribution is 6.31. The van der Waals surface area contributed by atoms with Crippen LogP contribution in [0.1, 0.15) is 71.6 Å². The fraction of sp³-hybridized carbons (Fsp3) is 0.429. The number of hydrogen-bond donors (Lipinski definition) is 1. The summed E-state index contributed by atoms with van der Waals surface area (Å²) in [4.78, 5) is 29.5. The summed E-state index contributed by atoms with van der Waals surface area (Å²) >= 11 is 6.35. The molecule has 5 nitrogen and oxygen atoms in total. The Bertz CT molecular complexity index is 1360. The summed E-state index contributed by atoms with van der Waals surface area (Å²) in [6.45, 7) is 7.47. The molecule has 1 N–H and O–H groups in total. The van der Waals surface area contributed by atoms with Crippen molar-refractivity contribution in [3.8, 4) is 0 Å². The van der Waals surface area contributed by atoms with Gasteiger partial charge in [-0.15, -0.1) is 24.8 Å². The van der Waals surface area contributed by atoms with E-state index in [1.807, 2.05) is 30.3 Å². The van der Waals surface area contributed by atoms with Gasteiger partial charge in [-0.2, -0.15) is 0 Å². The second kappa shape index (κ2) is 17.2. The van der Waals surface area contributed by atoms with E-state index in [4.69, 9.17) is 11.6 Å². The maximum atomic E-state index is 13.1. The Kier molecular flexibility index (Phi) is 14.0. The van der Waals surface area contributed by atoms with E-state index in [1.165, 1.54) is 42.0 Å². The molecule has 0 atom stereocenters. The summed E-state index contributed by atoms with van der Waals surface area (Å²) in [5.74, 6) is 0.936. The van der Waals surface area contributed by atoms with Crippen LogP contribution in [0.5, 0.6) is 0 Å². The van der Waals surface area contributed by atoms with Crippen LogP contribution < -0.4 is 5.32 Å². The molecular formula is C35H44Cl3N3O2. The van der Waals surface area contributed by atoms with E-state index in [-0.39, 0.29) is 36.5 Å². The molecule has 8 heteroatoms. The van der Waals surface area contributed by atoms with Crippen molar-refractivity contribution in [2.24, 2.45) is 5.92 Å². The average Bonchev–Trinajstić information content (AvgIpc) is 3.17. The molecular weight excluding hydrogens is 601 g/mol. The third-order valence-corrected chi connectivity index (χ3v) is 9.02. The van der Waals surface area contributed by atoms with Crippen molar-refractivity contribution < 1.29 is 9.59 Å². The number of amides is 1. The number of halogens is 3. The molecule has 3 aromatic carbocycles. The lowest BCUT2D eigenvalue weighted by molar-refractivity contribution is -0.114. The van der Waals surface area contributed by atoms with Crippen LogP contribution >= 0.6 is 36.4 Å².